The van der Waals surface area contributed by atoms with Crippen LogP contribution < -0.4 is 20.9 Å². The molecule has 0 radical (unpaired) electrons. The fourth-order valence-corrected chi connectivity index (χ4v) is 15.0. The number of anilines is 4. The van der Waals surface area contributed by atoms with Crippen molar-refractivity contribution < 1.29 is 0 Å². The van der Waals surface area contributed by atoms with Crippen molar-refractivity contribution in [2.75, 3.05) is 75.2 Å². The van der Waals surface area contributed by atoms with E-state index in [9.17, 15) is 0 Å². The fourth-order valence-electron chi connectivity index (χ4n) is 15.0. The van der Waals surface area contributed by atoms with Crippen LogP contribution in [-0.2, 0) is 28.2 Å². The van der Waals surface area contributed by atoms with Crippen molar-refractivity contribution in [1.82, 2.24) is 19.6 Å². The van der Waals surface area contributed by atoms with Gasteiger partial charge in [-0.3, -0.25) is 19.6 Å². The van der Waals surface area contributed by atoms with Crippen LogP contribution in [0, 0.1) is 0 Å². The number of hydrogen-bond acceptors (Lipinski definition) is 8. The van der Waals surface area contributed by atoms with Gasteiger partial charge in [-0.25, -0.2) is 0 Å². The first kappa shape index (κ1) is 34.9. The van der Waals surface area contributed by atoms with Crippen LogP contribution in [-0.4, -0.2) is 98.6 Å². The monoisotopic (exact) mass is 780 g/mol. The Kier molecular flexibility index (Phi) is 7.05. The molecule has 5 aromatic rings. The van der Waals surface area contributed by atoms with E-state index in [1.165, 1.54) is 50.6 Å². The minimum Gasteiger partial charge on any atom is -0.368 e. The summed E-state index contributed by atoms with van der Waals surface area (Å²) >= 11 is 0. The van der Waals surface area contributed by atoms with Gasteiger partial charge in [-0.15, -0.1) is 0 Å². The average molecular weight is 781 g/mol. The highest BCUT2D eigenvalue weighted by atomic mass is 15.4. The van der Waals surface area contributed by atoms with E-state index >= 15 is 0 Å². The molecule has 0 bridgehead atoms. The molecule has 8 aliphatic heterocycles. The number of para-hydroxylation sites is 4. The normalized spacial score (nSPS) is 35.0. The summed E-state index contributed by atoms with van der Waals surface area (Å²) in [7, 11) is 9.41. The van der Waals surface area contributed by atoms with Crippen molar-refractivity contribution in [2.24, 2.45) is 0 Å². The van der Waals surface area contributed by atoms with Crippen LogP contribution in [0.4, 0.5) is 22.7 Å². The molecule has 3 N–H and O–H groups in total. The van der Waals surface area contributed by atoms with Gasteiger partial charge in [0.2, 0.25) is 0 Å². The van der Waals surface area contributed by atoms with E-state index in [0.717, 1.165) is 58.4 Å². The zero-order chi connectivity index (χ0) is 39.5. The smallest absolute Gasteiger partial charge is 0.0933 e. The van der Waals surface area contributed by atoms with E-state index in [4.69, 9.17) is 0 Å². The molecule has 4 fully saturated rings. The number of nitrogens with one attached hydrogen (secondary N) is 3. The van der Waals surface area contributed by atoms with E-state index in [1.807, 2.05) is 0 Å². The zero-order valence-electron chi connectivity index (χ0n) is 34.9. The molecule has 300 valence electrons. The van der Waals surface area contributed by atoms with Crippen LogP contribution in [0.25, 0.3) is 0 Å². The predicted octanol–water partition coefficient (Wildman–Crippen LogP) is 7.38. The fraction of sp³-hybridized carbons (Fsp3) is 0.412. The van der Waals surface area contributed by atoms with E-state index < -0.39 is 0 Å². The summed E-state index contributed by atoms with van der Waals surface area (Å²) in [5.41, 5.74) is 15.2. The number of benzene rings is 5. The third-order valence-corrected chi connectivity index (χ3v) is 17.3. The number of fused-ring (bicyclic) bond motifs is 13. The van der Waals surface area contributed by atoms with Gasteiger partial charge in [0.25, 0.3) is 0 Å². The van der Waals surface area contributed by atoms with Gasteiger partial charge in [-0.05, 0) is 105 Å². The minimum atomic E-state index is -0.199. The maximum atomic E-state index is 4.43. The third-order valence-electron chi connectivity index (χ3n) is 17.3. The summed E-state index contributed by atoms with van der Waals surface area (Å²) in [6.07, 6.45) is 5.30. The van der Waals surface area contributed by atoms with E-state index in [1.54, 1.807) is 11.1 Å². The van der Waals surface area contributed by atoms with E-state index in [0.29, 0.717) is 0 Å². The maximum absolute atomic E-state index is 4.43. The summed E-state index contributed by atoms with van der Waals surface area (Å²) in [4.78, 5) is 13.3. The second kappa shape index (κ2) is 11.9. The van der Waals surface area contributed by atoms with Gasteiger partial charge in [0.05, 0.1) is 35.5 Å². The lowest BCUT2D eigenvalue weighted by molar-refractivity contribution is 0.133. The molecule has 13 rings (SSSR count). The molecular formula is C51H56N8. The van der Waals surface area contributed by atoms with Gasteiger partial charge in [-0.1, -0.05) is 103 Å². The van der Waals surface area contributed by atoms with Gasteiger partial charge < -0.3 is 20.9 Å². The van der Waals surface area contributed by atoms with Crippen LogP contribution in [0.5, 0.6) is 0 Å². The first-order valence-electron chi connectivity index (χ1n) is 22.2. The van der Waals surface area contributed by atoms with Crippen molar-refractivity contribution in [3.63, 3.8) is 0 Å². The van der Waals surface area contributed by atoms with Crippen molar-refractivity contribution in [3.05, 3.63) is 154 Å². The molecule has 0 spiro atoms. The first-order valence-corrected chi connectivity index (χ1v) is 22.2. The van der Waals surface area contributed by atoms with Crippen molar-refractivity contribution >= 4 is 22.7 Å². The summed E-state index contributed by atoms with van der Waals surface area (Å²) in [6.45, 7) is 5.20. The highest BCUT2D eigenvalue weighted by Gasteiger charge is 2.73. The van der Waals surface area contributed by atoms with Crippen LogP contribution in [0.2, 0.25) is 0 Å². The van der Waals surface area contributed by atoms with Crippen LogP contribution >= 0.6 is 0 Å². The molecule has 8 heterocycles. The van der Waals surface area contributed by atoms with Crippen molar-refractivity contribution in [1.29, 1.82) is 0 Å². The van der Waals surface area contributed by atoms with Gasteiger partial charge >= 0.3 is 0 Å². The number of rotatable bonds is 5. The van der Waals surface area contributed by atoms with E-state index in [-0.39, 0.29) is 46.3 Å². The molecule has 8 atom stereocenters. The molecule has 0 aliphatic carbocycles. The SMILES string of the molecule is CN1CC[C@]2(c3cccc4c3N[C@H]3N(C)CC[C@@]43c3cccc4c3N[C@@H]3N(C)CC[C@]43[C@@]34CCN(C)[C@@H]3N(Cc3ccccc3)c3ccccc34)c3ccccc3N[C@H]12. The standard InChI is InChI=1S/C51H56N8/c1-55-28-24-48(34-16-8-10-22-40(34)52-44(48)55)36-18-12-19-37-42(36)53-45-49(37,25-29-56(45)2)38-20-13-21-39-43(38)54-46-50(39,26-30-57(46)3)51-27-31-58(4)47(51)59(32-33-14-6-5-7-15-33)41-23-11-9-17-35(41)51/h5-23,44-47,52-54H,24-32H2,1-4H3/t44-,45+,46-,47-,48-,49+,50+,51-/m1/s1. The number of likely N-dealkylation sites (N-methyl/N-ethyl adjacent to an activating group) is 4. The molecule has 0 saturated carbocycles. The zero-order valence-corrected chi connectivity index (χ0v) is 34.9. The molecule has 4 saturated heterocycles. The second-order valence-electron chi connectivity index (χ2n) is 19.5. The molecular weight excluding hydrogens is 725 g/mol. The van der Waals surface area contributed by atoms with Gasteiger partial charge in [0.1, 0.15) is 0 Å². The van der Waals surface area contributed by atoms with E-state index in [2.05, 4.69) is 184 Å². The van der Waals surface area contributed by atoms with Crippen LogP contribution in [0.15, 0.2) is 115 Å². The Balaban J connectivity index is 1.01. The molecule has 5 aromatic carbocycles. The molecule has 0 amide bonds. The molecule has 59 heavy (non-hydrogen) atoms. The summed E-state index contributed by atoms with van der Waals surface area (Å²) in [6, 6.07) is 44.5. The topological polar surface area (TPSA) is 52.3 Å². The van der Waals surface area contributed by atoms with Gasteiger partial charge in [-0.2, -0.15) is 0 Å². The van der Waals surface area contributed by atoms with Gasteiger partial charge in [0.15, 0.2) is 0 Å². The Bertz CT molecular complexity index is 2540. The maximum Gasteiger partial charge on any atom is 0.0933 e. The van der Waals surface area contributed by atoms with Crippen molar-refractivity contribution in [2.45, 2.75) is 78.6 Å². The number of likely N-dealkylation sites (tertiary alicyclic amines) is 4. The molecule has 8 heteroatoms. The van der Waals surface area contributed by atoms with Crippen LogP contribution in [0.1, 0.15) is 64.6 Å². The Hall–Kier alpha value is -4.86. The third kappa shape index (κ3) is 4.01. The Labute approximate surface area is 349 Å². The Morgan fingerprint density at radius 3 is 1.71 bits per heavy atom. The quantitative estimate of drug-likeness (QED) is 0.171. The average Bonchev–Trinajstić information content (AvgIpc) is 4.14. The number of hydrogen-bond donors (Lipinski definition) is 3. The number of nitrogens with zero attached hydrogens (tertiary/aromatic N) is 5. The first-order chi connectivity index (χ1) is 28.8. The van der Waals surface area contributed by atoms with Crippen molar-refractivity contribution in [3.8, 4) is 0 Å². The summed E-state index contributed by atoms with van der Waals surface area (Å²) in [5.74, 6) is 0. The molecule has 0 unspecified atom stereocenters. The van der Waals surface area contributed by atoms with Crippen LogP contribution in [0.3, 0.4) is 0 Å². The molecule has 8 aliphatic rings. The molecule has 8 nitrogen and oxygen atoms in total. The largest absolute Gasteiger partial charge is 0.368 e. The van der Waals surface area contributed by atoms with Gasteiger partial charge in [0, 0.05) is 66.3 Å². The summed E-state index contributed by atoms with van der Waals surface area (Å²) < 4.78 is 0. The lowest BCUT2D eigenvalue weighted by atomic mass is 9.54. The predicted molar refractivity (Wildman–Crippen MR) is 238 cm³/mol. The lowest BCUT2D eigenvalue weighted by Crippen LogP contribution is -2.61. The Morgan fingerprint density at radius 2 is 0.966 bits per heavy atom. The second-order valence-corrected chi connectivity index (χ2v) is 19.5. The minimum absolute atomic E-state index is 0.0898. The summed E-state index contributed by atoms with van der Waals surface area (Å²) in [5, 5.41) is 12.7. The highest BCUT2D eigenvalue weighted by molar-refractivity contribution is 5.82. The molecule has 0 aromatic heterocycles. The Morgan fingerprint density at radius 1 is 0.458 bits per heavy atom. The highest BCUT2D eigenvalue weighted by Crippen LogP contribution is 2.69. The lowest BCUT2D eigenvalue weighted by Gasteiger charge is -2.50.